The summed E-state index contributed by atoms with van der Waals surface area (Å²) in [6.45, 7) is 9.43. The Bertz CT molecular complexity index is 607. The molecule has 0 radical (unpaired) electrons. The van der Waals surface area contributed by atoms with Crippen LogP contribution in [0.2, 0.25) is 0 Å². The average molecular weight is 348 g/mol. The summed E-state index contributed by atoms with van der Waals surface area (Å²) >= 11 is 0. The zero-order chi connectivity index (χ0) is 19.3. The number of carboxylic acids is 2. The number of rotatable bonds is 8. The fraction of sp³-hybridized carbons (Fsp3) is 0.619. The van der Waals surface area contributed by atoms with Crippen LogP contribution in [0.5, 0.6) is 0 Å². The van der Waals surface area contributed by atoms with Gasteiger partial charge in [-0.15, -0.1) is 0 Å². The Kier molecular flexibility index (Phi) is 7.21. The monoisotopic (exact) mass is 348 g/mol. The van der Waals surface area contributed by atoms with Gasteiger partial charge in [0.25, 0.3) is 0 Å². The van der Waals surface area contributed by atoms with E-state index in [-0.39, 0.29) is 6.42 Å². The highest BCUT2D eigenvalue weighted by molar-refractivity contribution is 5.87. The van der Waals surface area contributed by atoms with Gasteiger partial charge >= 0.3 is 11.9 Å². The molecule has 0 saturated heterocycles. The molecule has 2 atom stereocenters. The van der Waals surface area contributed by atoms with Crippen molar-refractivity contribution in [3.63, 3.8) is 0 Å². The first-order valence-electron chi connectivity index (χ1n) is 8.96. The van der Waals surface area contributed by atoms with E-state index in [1.165, 1.54) is 11.1 Å². The van der Waals surface area contributed by atoms with Crippen LogP contribution in [0.15, 0.2) is 34.9 Å². The maximum atomic E-state index is 11.8. The van der Waals surface area contributed by atoms with Gasteiger partial charge in [-0.3, -0.25) is 9.59 Å². The minimum Gasteiger partial charge on any atom is -0.481 e. The highest BCUT2D eigenvalue weighted by Gasteiger charge is 2.56. The van der Waals surface area contributed by atoms with Gasteiger partial charge in [-0.1, -0.05) is 34.9 Å². The molecule has 25 heavy (non-hydrogen) atoms. The van der Waals surface area contributed by atoms with E-state index in [9.17, 15) is 19.8 Å². The Morgan fingerprint density at radius 1 is 1.04 bits per heavy atom. The second-order valence-corrected chi connectivity index (χ2v) is 7.93. The van der Waals surface area contributed by atoms with Gasteiger partial charge in [0, 0.05) is 0 Å². The summed E-state index contributed by atoms with van der Waals surface area (Å²) in [5.74, 6) is -2.07. The highest BCUT2D eigenvalue weighted by atomic mass is 16.4. The van der Waals surface area contributed by atoms with E-state index in [0.29, 0.717) is 6.42 Å². The van der Waals surface area contributed by atoms with Gasteiger partial charge in [0.2, 0.25) is 0 Å². The lowest BCUT2D eigenvalue weighted by atomic mass is 9.58. The van der Waals surface area contributed by atoms with Crippen molar-refractivity contribution in [2.24, 2.45) is 10.8 Å². The topological polar surface area (TPSA) is 74.6 Å². The van der Waals surface area contributed by atoms with E-state index in [4.69, 9.17) is 0 Å². The SMILES string of the molecule is CC(C)=CCC/C(C)=C/CCC1=CC[C@](C)(C(=O)O)[C@](C)(C(=O)O)C1. The number of allylic oxidation sites excluding steroid dienone is 6. The highest BCUT2D eigenvalue weighted by Crippen LogP contribution is 2.51. The molecule has 0 unspecified atom stereocenters. The molecule has 4 heteroatoms. The van der Waals surface area contributed by atoms with Crippen molar-refractivity contribution in [3.8, 4) is 0 Å². The van der Waals surface area contributed by atoms with Gasteiger partial charge in [0.1, 0.15) is 0 Å². The molecule has 1 rings (SSSR count). The molecule has 0 aromatic rings. The number of carboxylic acid groups (broad SMARTS) is 2. The molecule has 2 N–H and O–H groups in total. The molecular weight excluding hydrogens is 316 g/mol. The molecule has 0 heterocycles. The van der Waals surface area contributed by atoms with Crippen molar-refractivity contribution in [3.05, 3.63) is 34.9 Å². The van der Waals surface area contributed by atoms with Crippen molar-refractivity contribution in [1.29, 1.82) is 0 Å². The lowest BCUT2D eigenvalue weighted by Crippen LogP contribution is -2.50. The molecule has 0 aromatic carbocycles. The molecule has 1 aliphatic carbocycles. The van der Waals surface area contributed by atoms with Gasteiger partial charge in [-0.2, -0.15) is 0 Å². The van der Waals surface area contributed by atoms with E-state index in [1.807, 2.05) is 6.08 Å². The summed E-state index contributed by atoms with van der Waals surface area (Å²) in [4.78, 5) is 23.4. The van der Waals surface area contributed by atoms with Crippen LogP contribution < -0.4 is 0 Å². The molecule has 0 saturated carbocycles. The van der Waals surface area contributed by atoms with Crippen LogP contribution in [0.4, 0.5) is 0 Å². The molecule has 140 valence electrons. The maximum Gasteiger partial charge on any atom is 0.310 e. The van der Waals surface area contributed by atoms with Crippen molar-refractivity contribution in [1.82, 2.24) is 0 Å². The fourth-order valence-corrected chi connectivity index (χ4v) is 3.32. The number of carbonyl (C=O) groups is 2. The third-order valence-corrected chi connectivity index (χ3v) is 5.59. The summed E-state index contributed by atoms with van der Waals surface area (Å²) < 4.78 is 0. The predicted molar refractivity (Wildman–Crippen MR) is 100 cm³/mol. The Labute approximate surface area is 151 Å². The Morgan fingerprint density at radius 2 is 1.64 bits per heavy atom. The molecule has 4 nitrogen and oxygen atoms in total. The van der Waals surface area contributed by atoms with Gasteiger partial charge in [0.05, 0.1) is 10.8 Å². The number of hydrogen-bond acceptors (Lipinski definition) is 2. The molecule has 0 amide bonds. The Balaban J connectivity index is 2.73. The first-order valence-corrected chi connectivity index (χ1v) is 8.96. The summed E-state index contributed by atoms with van der Waals surface area (Å²) in [5, 5.41) is 19.2. The van der Waals surface area contributed by atoms with Crippen LogP contribution in [-0.4, -0.2) is 22.2 Å². The average Bonchev–Trinajstić information content (AvgIpc) is 2.50. The van der Waals surface area contributed by atoms with E-state index in [1.54, 1.807) is 13.8 Å². The third kappa shape index (κ3) is 5.07. The lowest BCUT2D eigenvalue weighted by molar-refractivity contribution is -0.171. The fourth-order valence-electron chi connectivity index (χ4n) is 3.32. The maximum absolute atomic E-state index is 11.8. The first kappa shape index (κ1) is 21.2. The third-order valence-electron chi connectivity index (χ3n) is 5.59. The zero-order valence-electron chi connectivity index (χ0n) is 16.2. The number of aliphatic carboxylic acids is 2. The van der Waals surface area contributed by atoms with Crippen molar-refractivity contribution in [2.45, 2.75) is 73.1 Å². The van der Waals surface area contributed by atoms with Crippen molar-refractivity contribution < 1.29 is 19.8 Å². The molecular formula is C21H32O4. The first-order chi connectivity index (χ1) is 11.5. The van der Waals surface area contributed by atoms with E-state index < -0.39 is 22.8 Å². The summed E-state index contributed by atoms with van der Waals surface area (Å²) in [7, 11) is 0. The van der Waals surface area contributed by atoms with E-state index in [0.717, 1.165) is 31.3 Å². The van der Waals surface area contributed by atoms with Crippen molar-refractivity contribution >= 4 is 11.9 Å². The second-order valence-electron chi connectivity index (χ2n) is 7.93. The van der Waals surface area contributed by atoms with Crippen LogP contribution in [0.25, 0.3) is 0 Å². The lowest BCUT2D eigenvalue weighted by Gasteiger charge is -2.43. The van der Waals surface area contributed by atoms with Crippen molar-refractivity contribution in [2.75, 3.05) is 0 Å². The van der Waals surface area contributed by atoms with Gasteiger partial charge in [-0.05, 0) is 73.1 Å². The summed E-state index contributed by atoms with van der Waals surface area (Å²) in [6, 6.07) is 0. The Hall–Kier alpha value is -1.84. The summed E-state index contributed by atoms with van der Waals surface area (Å²) in [6.07, 6.45) is 10.7. The zero-order valence-corrected chi connectivity index (χ0v) is 16.2. The molecule has 1 aliphatic rings. The van der Waals surface area contributed by atoms with Crippen LogP contribution >= 0.6 is 0 Å². The standard InChI is InChI=1S/C21H32O4/c1-15(2)8-6-9-16(3)10-7-11-17-12-13-20(4,18(22)23)21(5,14-17)19(24)25/h8,10,12H,6-7,9,11,13-14H2,1-5H3,(H,22,23)(H,24,25)/b16-10+/t20-,21+/m1/s1. The van der Waals surface area contributed by atoms with E-state index in [2.05, 4.69) is 32.9 Å². The minimum absolute atomic E-state index is 0.268. The molecule has 0 aromatic heterocycles. The van der Waals surface area contributed by atoms with Crippen LogP contribution in [-0.2, 0) is 9.59 Å². The minimum atomic E-state index is -1.27. The Morgan fingerprint density at radius 3 is 2.16 bits per heavy atom. The molecule has 0 bridgehead atoms. The molecule has 0 fully saturated rings. The summed E-state index contributed by atoms with van der Waals surface area (Å²) in [5.41, 5.74) is 1.18. The predicted octanol–water partition coefficient (Wildman–Crippen LogP) is 5.36. The van der Waals surface area contributed by atoms with Gasteiger partial charge < -0.3 is 10.2 Å². The smallest absolute Gasteiger partial charge is 0.310 e. The molecule has 0 aliphatic heterocycles. The van der Waals surface area contributed by atoms with Gasteiger partial charge in [0.15, 0.2) is 0 Å². The second kappa shape index (κ2) is 8.50. The van der Waals surface area contributed by atoms with Crippen LogP contribution in [0, 0.1) is 10.8 Å². The number of hydrogen-bond donors (Lipinski definition) is 2. The van der Waals surface area contributed by atoms with E-state index >= 15 is 0 Å². The van der Waals surface area contributed by atoms with Crippen LogP contribution in [0.3, 0.4) is 0 Å². The van der Waals surface area contributed by atoms with Crippen LogP contribution in [0.1, 0.15) is 73.1 Å². The molecule has 0 spiro atoms. The largest absolute Gasteiger partial charge is 0.481 e. The quantitative estimate of drug-likeness (QED) is 0.579. The van der Waals surface area contributed by atoms with Gasteiger partial charge in [-0.25, -0.2) is 0 Å². The normalized spacial score (nSPS) is 26.8.